The van der Waals surface area contributed by atoms with Crippen LogP contribution in [0.15, 0.2) is 48.8 Å². The third kappa shape index (κ3) is 3.85. The molecule has 9 heteroatoms. The molecule has 0 aliphatic carbocycles. The molecule has 0 saturated carbocycles. The Morgan fingerprint density at radius 1 is 1.00 bits per heavy atom. The van der Waals surface area contributed by atoms with Gasteiger partial charge in [0.15, 0.2) is 0 Å². The van der Waals surface area contributed by atoms with Crippen LogP contribution in [0.2, 0.25) is 0 Å². The molecule has 2 aromatic carbocycles. The van der Waals surface area contributed by atoms with E-state index in [9.17, 15) is 13.6 Å². The van der Waals surface area contributed by atoms with Crippen LogP contribution in [-0.4, -0.2) is 16.0 Å². The number of amides is 2. The average molecular weight is 411 g/mol. The maximum atomic E-state index is 13.2. The number of nitrogens with one attached hydrogen (secondary N) is 2. The van der Waals surface area contributed by atoms with E-state index in [1.807, 2.05) is 19.1 Å². The zero-order valence-corrected chi connectivity index (χ0v) is 16.0. The minimum absolute atomic E-state index is 0.0208. The smallest absolute Gasteiger partial charge is 0.323 e. The van der Waals surface area contributed by atoms with Gasteiger partial charge in [-0.15, -0.1) is 11.3 Å². The number of halogens is 2. The summed E-state index contributed by atoms with van der Waals surface area (Å²) in [4.78, 5) is 22.3. The summed E-state index contributed by atoms with van der Waals surface area (Å²) < 4.78 is 26.5. The fraction of sp³-hybridized carbons (Fsp3) is 0.0500. The minimum Gasteiger partial charge on any atom is -0.383 e. The summed E-state index contributed by atoms with van der Waals surface area (Å²) in [6.45, 7) is 1.98. The zero-order chi connectivity index (χ0) is 20.5. The number of thiophene rings is 1. The number of hydrogen-bond donors (Lipinski definition) is 3. The summed E-state index contributed by atoms with van der Waals surface area (Å²) in [6, 6.07) is 9.32. The molecule has 146 valence electrons. The first kappa shape index (κ1) is 18.8. The molecule has 2 heterocycles. The number of nitrogen functional groups attached to an aromatic ring is 1. The van der Waals surface area contributed by atoms with Gasteiger partial charge in [-0.25, -0.2) is 23.5 Å². The Balaban J connectivity index is 1.54. The molecule has 0 radical (unpaired) electrons. The molecular formula is C20H15F2N5OS. The normalized spacial score (nSPS) is 10.9. The quantitative estimate of drug-likeness (QED) is 0.434. The molecule has 4 rings (SSSR count). The number of nitrogens with two attached hydrogens (primary N) is 1. The fourth-order valence-electron chi connectivity index (χ4n) is 3.05. The van der Waals surface area contributed by atoms with Gasteiger partial charge in [-0.05, 0) is 36.8 Å². The number of nitrogens with zero attached hydrogens (tertiary/aromatic N) is 2. The predicted octanol–water partition coefficient (Wildman–Crippen LogP) is 5.17. The first-order valence-corrected chi connectivity index (χ1v) is 9.36. The van der Waals surface area contributed by atoms with E-state index in [1.54, 1.807) is 12.1 Å². The summed E-state index contributed by atoms with van der Waals surface area (Å²) in [6.07, 6.45) is 1.44. The molecular weight excluding hydrogens is 396 g/mol. The number of aromatic nitrogens is 2. The standard InChI is InChI=1S/C20H15F2N5OS/c1-10-16(17-18(23)24-9-25-19(17)29-10)11-2-4-14(5-3-11)26-20(28)27-15-7-12(21)6-13(22)8-15/h2-9H,1H3,(H2,23,24,25)(H2,26,27,28). The van der Waals surface area contributed by atoms with Gasteiger partial charge in [0.25, 0.3) is 0 Å². The van der Waals surface area contributed by atoms with Crippen molar-refractivity contribution >= 4 is 44.8 Å². The van der Waals surface area contributed by atoms with E-state index in [4.69, 9.17) is 5.73 Å². The van der Waals surface area contributed by atoms with Crippen molar-refractivity contribution in [1.82, 2.24) is 9.97 Å². The van der Waals surface area contributed by atoms with Gasteiger partial charge in [-0.3, -0.25) is 0 Å². The topological polar surface area (TPSA) is 92.9 Å². The number of hydrogen-bond acceptors (Lipinski definition) is 5. The number of aryl methyl sites for hydroxylation is 1. The molecule has 0 aliphatic heterocycles. The Kier molecular flexibility index (Phi) is 4.81. The molecule has 6 nitrogen and oxygen atoms in total. The summed E-state index contributed by atoms with van der Waals surface area (Å²) in [5.41, 5.74) is 8.44. The van der Waals surface area contributed by atoms with Crippen LogP contribution in [-0.2, 0) is 0 Å². The molecule has 4 aromatic rings. The van der Waals surface area contributed by atoms with Crippen molar-refractivity contribution in [3.05, 3.63) is 65.3 Å². The van der Waals surface area contributed by atoms with Crippen molar-refractivity contribution in [1.29, 1.82) is 0 Å². The Hall–Kier alpha value is -3.59. The molecule has 0 fully saturated rings. The van der Waals surface area contributed by atoms with Crippen molar-refractivity contribution in [2.75, 3.05) is 16.4 Å². The molecule has 0 saturated heterocycles. The molecule has 2 amide bonds. The third-order valence-electron chi connectivity index (χ3n) is 4.25. The van der Waals surface area contributed by atoms with E-state index in [2.05, 4.69) is 20.6 Å². The van der Waals surface area contributed by atoms with Gasteiger partial charge >= 0.3 is 6.03 Å². The van der Waals surface area contributed by atoms with Gasteiger partial charge in [0.05, 0.1) is 5.39 Å². The highest BCUT2D eigenvalue weighted by atomic mass is 32.1. The first-order chi connectivity index (χ1) is 13.9. The molecule has 0 spiro atoms. The summed E-state index contributed by atoms with van der Waals surface area (Å²) in [5.74, 6) is -1.13. The first-order valence-electron chi connectivity index (χ1n) is 8.55. The molecule has 29 heavy (non-hydrogen) atoms. The Morgan fingerprint density at radius 3 is 2.34 bits per heavy atom. The van der Waals surface area contributed by atoms with Gasteiger partial charge in [0.1, 0.15) is 28.6 Å². The lowest BCUT2D eigenvalue weighted by Crippen LogP contribution is -2.19. The van der Waals surface area contributed by atoms with E-state index in [1.165, 1.54) is 17.7 Å². The molecule has 4 N–H and O–H groups in total. The average Bonchev–Trinajstić information content (AvgIpc) is 2.98. The van der Waals surface area contributed by atoms with Crippen molar-refractivity contribution in [2.24, 2.45) is 0 Å². The van der Waals surface area contributed by atoms with E-state index >= 15 is 0 Å². The maximum Gasteiger partial charge on any atom is 0.323 e. The number of carbonyl (C=O) groups excluding carboxylic acids is 1. The van der Waals surface area contributed by atoms with Crippen LogP contribution in [0.25, 0.3) is 21.3 Å². The van der Waals surface area contributed by atoms with Gasteiger partial charge < -0.3 is 16.4 Å². The number of carbonyl (C=O) groups is 1. The van der Waals surface area contributed by atoms with Crippen LogP contribution in [0.1, 0.15) is 4.88 Å². The number of fused-ring (bicyclic) bond motifs is 1. The lowest BCUT2D eigenvalue weighted by molar-refractivity contribution is 0.262. The summed E-state index contributed by atoms with van der Waals surface area (Å²) in [7, 11) is 0. The maximum absolute atomic E-state index is 13.2. The third-order valence-corrected chi connectivity index (χ3v) is 5.26. The number of benzene rings is 2. The number of urea groups is 1. The minimum atomic E-state index is -0.772. The molecule has 0 bridgehead atoms. The molecule has 2 aromatic heterocycles. The Labute approximate surface area is 168 Å². The second-order valence-corrected chi connectivity index (χ2v) is 7.49. The summed E-state index contributed by atoms with van der Waals surface area (Å²) in [5, 5.41) is 5.82. The van der Waals surface area contributed by atoms with Crippen LogP contribution in [0, 0.1) is 18.6 Å². The van der Waals surface area contributed by atoms with Crippen LogP contribution >= 0.6 is 11.3 Å². The van der Waals surface area contributed by atoms with Crippen LogP contribution in [0.4, 0.5) is 30.8 Å². The van der Waals surface area contributed by atoms with E-state index in [0.29, 0.717) is 11.5 Å². The second-order valence-electron chi connectivity index (χ2n) is 6.29. The molecule has 0 aliphatic rings. The number of rotatable bonds is 3. The largest absolute Gasteiger partial charge is 0.383 e. The van der Waals surface area contributed by atoms with E-state index < -0.39 is 17.7 Å². The van der Waals surface area contributed by atoms with Crippen molar-refractivity contribution < 1.29 is 13.6 Å². The summed E-state index contributed by atoms with van der Waals surface area (Å²) >= 11 is 1.53. The van der Waals surface area contributed by atoms with Gasteiger partial charge in [0.2, 0.25) is 0 Å². The van der Waals surface area contributed by atoms with Crippen molar-refractivity contribution in [3.63, 3.8) is 0 Å². The monoisotopic (exact) mass is 411 g/mol. The van der Waals surface area contributed by atoms with E-state index in [0.717, 1.165) is 44.4 Å². The fourth-order valence-corrected chi connectivity index (χ4v) is 4.07. The highest BCUT2D eigenvalue weighted by Gasteiger charge is 2.15. The molecule has 0 unspecified atom stereocenters. The van der Waals surface area contributed by atoms with Gasteiger partial charge in [-0.1, -0.05) is 12.1 Å². The highest BCUT2D eigenvalue weighted by molar-refractivity contribution is 7.19. The van der Waals surface area contributed by atoms with Gasteiger partial charge in [-0.2, -0.15) is 0 Å². The molecule has 0 atom stereocenters. The van der Waals surface area contributed by atoms with Crippen LogP contribution in [0.3, 0.4) is 0 Å². The zero-order valence-electron chi connectivity index (χ0n) is 15.2. The second kappa shape index (κ2) is 7.44. The SMILES string of the molecule is Cc1sc2ncnc(N)c2c1-c1ccc(NC(=O)Nc2cc(F)cc(F)c2)cc1. The van der Waals surface area contributed by atoms with E-state index in [-0.39, 0.29) is 5.69 Å². The number of anilines is 3. The van der Waals surface area contributed by atoms with Crippen LogP contribution < -0.4 is 16.4 Å². The van der Waals surface area contributed by atoms with Crippen LogP contribution in [0.5, 0.6) is 0 Å². The Bertz CT molecular complexity index is 1200. The Morgan fingerprint density at radius 2 is 1.66 bits per heavy atom. The van der Waals surface area contributed by atoms with Crippen molar-refractivity contribution in [3.8, 4) is 11.1 Å². The predicted molar refractivity (Wildman–Crippen MR) is 111 cm³/mol. The highest BCUT2D eigenvalue weighted by Crippen LogP contribution is 2.39. The van der Waals surface area contributed by atoms with Gasteiger partial charge in [0, 0.05) is 27.9 Å². The lowest BCUT2D eigenvalue weighted by atomic mass is 10.0. The lowest BCUT2D eigenvalue weighted by Gasteiger charge is -2.09. The van der Waals surface area contributed by atoms with Crippen molar-refractivity contribution in [2.45, 2.75) is 6.92 Å².